The fraction of sp³-hybridized carbons (Fsp3) is 0.462. The molecule has 0 heterocycles. The fourth-order valence-corrected chi connectivity index (χ4v) is 1.39. The minimum absolute atomic E-state index is 0. The lowest BCUT2D eigenvalue weighted by molar-refractivity contribution is 0.0524. The molecule has 0 saturated carbocycles. The average Bonchev–Trinajstić information content (AvgIpc) is 2.24. The van der Waals surface area contributed by atoms with E-state index in [0.717, 1.165) is 0 Å². The lowest BCUT2D eigenvalue weighted by atomic mass is 10.1. The van der Waals surface area contributed by atoms with Crippen LogP contribution < -0.4 is 11.1 Å². The molecule has 19 heavy (non-hydrogen) atoms. The topological polar surface area (TPSA) is 64.3 Å². The van der Waals surface area contributed by atoms with Gasteiger partial charge >= 0.3 is 6.09 Å². The number of carbonyl (C=O) groups is 1. The van der Waals surface area contributed by atoms with Crippen molar-refractivity contribution in [2.75, 3.05) is 6.54 Å². The number of carbonyl (C=O) groups excluding carboxylic acids is 1. The maximum Gasteiger partial charge on any atom is 0.407 e. The summed E-state index contributed by atoms with van der Waals surface area (Å²) in [4.78, 5) is 11.4. The summed E-state index contributed by atoms with van der Waals surface area (Å²) < 4.78 is 18.5. The summed E-state index contributed by atoms with van der Waals surface area (Å²) in [5, 5.41) is 2.51. The van der Waals surface area contributed by atoms with Gasteiger partial charge in [-0.25, -0.2) is 9.18 Å². The van der Waals surface area contributed by atoms with Crippen molar-refractivity contribution in [3.05, 3.63) is 35.6 Å². The van der Waals surface area contributed by atoms with Gasteiger partial charge in [0, 0.05) is 12.1 Å². The van der Waals surface area contributed by atoms with E-state index in [0.29, 0.717) is 5.56 Å². The monoisotopic (exact) mass is 290 g/mol. The van der Waals surface area contributed by atoms with Crippen LogP contribution in [0, 0.1) is 5.82 Å². The summed E-state index contributed by atoms with van der Waals surface area (Å²) in [6, 6.07) is 5.62. The van der Waals surface area contributed by atoms with E-state index in [-0.39, 0.29) is 24.8 Å². The van der Waals surface area contributed by atoms with Gasteiger partial charge in [0.2, 0.25) is 0 Å². The third-order valence-electron chi connectivity index (χ3n) is 2.17. The largest absolute Gasteiger partial charge is 0.444 e. The molecule has 0 bridgehead atoms. The van der Waals surface area contributed by atoms with Gasteiger partial charge in [-0.3, -0.25) is 0 Å². The zero-order valence-corrected chi connectivity index (χ0v) is 12.1. The van der Waals surface area contributed by atoms with Crippen LogP contribution >= 0.6 is 12.4 Å². The molecule has 1 unspecified atom stereocenters. The van der Waals surface area contributed by atoms with Gasteiger partial charge in [0.05, 0.1) is 6.04 Å². The second-order valence-corrected chi connectivity index (χ2v) is 5.01. The Morgan fingerprint density at radius 3 is 2.53 bits per heavy atom. The van der Waals surface area contributed by atoms with Crippen molar-refractivity contribution in [2.24, 2.45) is 5.73 Å². The van der Waals surface area contributed by atoms with Crippen LogP contribution in [0.4, 0.5) is 9.18 Å². The minimum atomic E-state index is -0.598. The van der Waals surface area contributed by atoms with Gasteiger partial charge < -0.3 is 15.8 Å². The molecule has 1 aromatic rings. The summed E-state index contributed by atoms with van der Waals surface area (Å²) in [6.45, 7) is 5.42. The first-order valence-corrected chi connectivity index (χ1v) is 5.76. The van der Waals surface area contributed by atoms with Crippen molar-refractivity contribution in [3.8, 4) is 0 Å². The van der Waals surface area contributed by atoms with Crippen LogP contribution in [-0.2, 0) is 4.74 Å². The standard InChI is InChI=1S/C13H19FN2O2.ClH/c1-13(2,3)18-12(17)16-8-11(15)9-6-4-5-7-10(9)14;/h4-7,11H,8,15H2,1-3H3,(H,16,17);1H. The molecule has 0 aromatic heterocycles. The molecule has 1 aromatic carbocycles. The summed E-state index contributed by atoms with van der Waals surface area (Å²) >= 11 is 0. The van der Waals surface area contributed by atoms with Crippen molar-refractivity contribution < 1.29 is 13.9 Å². The molecule has 0 aliphatic carbocycles. The highest BCUT2D eigenvalue weighted by Crippen LogP contribution is 2.14. The fourth-order valence-electron chi connectivity index (χ4n) is 1.39. The predicted octanol–water partition coefficient (Wildman–Crippen LogP) is 2.77. The van der Waals surface area contributed by atoms with E-state index in [1.54, 1.807) is 39.0 Å². The Hall–Kier alpha value is -1.33. The highest BCUT2D eigenvalue weighted by atomic mass is 35.5. The summed E-state index contributed by atoms with van der Waals surface area (Å²) in [7, 11) is 0. The van der Waals surface area contributed by atoms with E-state index >= 15 is 0 Å². The first kappa shape index (κ1) is 17.7. The maximum atomic E-state index is 13.4. The number of nitrogens with two attached hydrogens (primary N) is 1. The van der Waals surface area contributed by atoms with E-state index in [9.17, 15) is 9.18 Å². The van der Waals surface area contributed by atoms with Crippen molar-refractivity contribution in [3.63, 3.8) is 0 Å². The molecule has 0 radical (unpaired) electrons. The van der Waals surface area contributed by atoms with E-state index < -0.39 is 17.7 Å². The predicted molar refractivity (Wildman–Crippen MR) is 74.8 cm³/mol. The number of alkyl carbamates (subject to hydrolysis) is 1. The Morgan fingerprint density at radius 2 is 2.00 bits per heavy atom. The molecule has 1 atom stereocenters. The van der Waals surface area contributed by atoms with Crippen LogP contribution in [0.15, 0.2) is 24.3 Å². The number of benzene rings is 1. The molecule has 0 aliphatic rings. The van der Waals surface area contributed by atoms with Gasteiger partial charge in [0.15, 0.2) is 0 Å². The zero-order valence-electron chi connectivity index (χ0n) is 11.3. The first-order chi connectivity index (χ1) is 8.29. The number of ether oxygens (including phenoxy) is 1. The van der Waals surface area contributed by atoms with E-state index in [4.69, 9.17) is 10.5 Å². The minimum Gasteiger partial charge on any atom is -0.444 e. The third-order valence-corrected chi connectivity index (χ3v) is 2.17. The van der Waals surface area contributed by atoms with Crippen molar-refractivity contribution in [1.29, 1.82) is 0 Å². The SMILES string of the molecule is CC(C)(C)OC(=O)NCC(N)c1ccccc1F.Cl. The third kappa shape index (κ3) is 6.40. The molecule has 0 saturated heterocycles. The number of hydrogen-bond acceptors (Lipinski definition) is 3. The molecule has 4 nitrogen and oxygen atoms in total. The van der Waals surface area contributed by atoms with Crippen LogP contribution in [-0.4, -0.2) is 18.2 Å². The summed E-state index contributed by atoms with van der Waals surface area (Å²) in [5.41, 5.74) is 5.60. The molecule has 0 aliphatic heterocycles. The van der Waals surface area contributed by atoms with Gasteiger partial charge in [0.25, 0.3) is 0 Å². The Bertz CT molecular complexity index is 421. The molecule has 1 amide bonds. The van der Waals surface area contributed by atoms with Gasteiger partial charge in [-0.15, -0.1) is 12.4 Å². The van der Waals surface area contributed by atoms with Crippen LogP contribution in [0.2, 0.25) is 0 Å². The van der Waals surface area contributed by atoms with Crippen molar-refractivity contribution >= 4 is 18.5 Å². The highest BCUT2D eigenvalue weighted by molar-refractivity contribution is 5.85. The Morgan fingerprint density at radius 1 is 1.42 bits per heavy atom. The normalized spacial score (nSPS) is 12.3. The van der Waals surface area contributed by atoms with E-state index in [1.807, 2.05) is 0 Å². The van der Waals surface area contributed by atoms with Crippen molar-refractivity contribution in [1.82, 2.24) is 5.32 Å². The number of halogens is 2. The van der Waals surface area contributed by atoms with Crippen LogP contribution in [0.5, 0.6) is 0 Å². The van der Waals surface area contributed by atoms with E-state index in [1.165, 1.54) is 6.07 Å². The zero-order chi connectivity index (χ0) is 13.8. The number of amides is 1. The number of nitrogens with one attached hydrogen (secondary N) is 1. The van der Waals surface area contributed by atoms with Crippen LogP contribution in [0.3, 0.4) is 0 Å². The second kappa shape index (κ2) is 7.31. The maximum absolute atomic E-state index is 13.4. The highest BCUT2D eigenvalue weighted by Gasteiger charge is 2.17. The van der Waals surface area contributed by atoms with Gasteiger partial charge in [0.1, 0.15) is 11.4 Å². The molecule has 3 N–H and O–H groups in total. The molecular formula is C13H20ClFN2O2. The molecule has 6 heteroatoms. The van der Waals surface area contributed by atoms with Crippen LogP contribution in [0.25, 0.3) is 0 Å². The molecule has 0 spiro atoms. The lowest BCUT2D eigenvalue weighted by Crippen LogP contribution is -2.36. The first-order valence-electron chi connectivity index (χ1n) is 5.76. The molecule has 0 fully saturated rings. The Labute approximate surface area is 118 Å². The smallest absolute Gasteiger partial charge is 0.407 e. The van der Waals surface area contributed by atoms with Crippen LogP contribution in [0.1, 0.15) is 32.4 Å². The van der Waals surface area contributed by atoms with Gasteiger partial charge in [-0.1, -0.05) is 18.2 Å². The lowest BCUT2D eigenvalue weighted by Gasteiger charge is -2.21. The van der Waals surface area contributed by atoms with Gasteiger partial charge in [-0.05, 0) is 26.8 Å². The summed E-state index contributed by atoms with van der Waals surface area (Å²) in [6.07, 6.45) is -0.561. The van der Waals surface area contributed by atoms with Crippen molar-refractivity contribution in [2.45, 2.75) is 32.4 Å². The molecular weight excluding hydrogens is 271 g/mol. The Kier molecular flexibility index (Phi) is 6.79. The quantitative estimate of drug-likeness (QED) is 0.900. The second-order valence-electron chi connectivity index (χ2n) is 5.01. The van der Waals surface area contributed by atoms with E-state index in [2.05, 4.69) is 5.32 Å². The summed E-state index contributed by atoms with van der Waals surface area (Å²) in [5.74, 6) is -0.379. The van der Waals surface area contributed by atoms with Gasteiger partial charge in [-0.2, -0.15) is 0 Å². The average molecular weight is 291 g/mol. The number of hydrogen-bond donors (Lipinski definition) is 2. The Balaban J connectivity index is 0.00000324. The molecule has 108 valence electrons. The number of rotatable bonds is 3. The molecule has 1 rings (SSSR count).